The summed E-state index contributed by atoms with van der Waals surface area (Å²) in [7, 11) is 0. The first-order chi connectivity index (χ1) is 21.9. The molecular weight excluding hydrogens is 630 g/mol. The monoisotopic (exact) mass is 664 g/mol. The van der Waals surface area contributed by atoms with Crippen molar-refractivity contribution in [2.45, 2.75) is 49.7 Å². The topological polar surface area (TPSA) is 47.1 Å². The number of hydrogen-bond acceptors (Lipinski definition) is 5. The largest absolute Gasteiger partial charge is 0.416 e. The molecule has 2 aromatic carbocycles. The Bertz CT molecular complexity index is 1480. The van der Waals surface area contributed by atoms with E-state index < -0.39 is 41.0 Å². The highest BCUT2D eigenvalue weighted by molar-refractivity contribution is 7.08. The van der Waals surface area contributed by atoms with Crippen LogP contribution in [0.5, 0.6) is 0 Å². The molecule has 0 aliphatic carbocycles. The van der Waals surface area contributed by atoms with Crippen LogP contribution >= 0.6 is 11.3 Å². The molecule has 0 N–H and O–H groups in total. The number of benzene rings is 2. The SMILES string of the molecule is O=C(c1ccsc1)N1CC(N2CCN(C3CCN(C(=O)c4cc(C(F)(F)F)cc(C(F)(F)F)c4)[C@H](Cc4ccccc4)C3)CC2)C1. The lowest BCUT2D eigenvalue weighted by Crippen LogP contribution is -2.65. The highest BCUT2D eigenvalue weighted by atomic mass is 32.1. The number of halogens is 6. The molecule has 46 heavy (non-hydrogen) atoms. The second kappa shape index (κ2) is 13.0. The highest BCUT2D eigenvalue weighted by Gasteiger charge is 2.41. The van der Waals surface area contributed by atoms with Gasteiger partial charge >= 0.3 is 12.4 Å². The van der Waals surface area contributed by atoms with Gasteiger partial charge in [0.25, 0.3) is 11.8 Å². The second-order valence-electron chi connectivity index (χ2n) is 12.3. The van der Waals surface area contributed by atoms with E-state index in [0.717, 1.165) is 37.3 Å². The van der Waals surface area contributed by atoms with Gasteiger partial charge in [0, 0.05) is 74.9 Å². The minimum atomic E-state index is -5.04. The van der Waals surface area contributed by atoms with E-state index in [9.17, 15) is 35.9 Å². The summed E-state index contributed by atoms with van der Waals surface area (Å²) in [6, 6.07) is 12.3. The smallest absolute Gasteiger partial charge is 0.335 e. The number of nitrogens with zero attached hydrogens (tertiary/aromatic N) is 4. The van der Waals surface area contributed by atoms with Gasteiger partial charge in [-0.1, -0.05) is 30.3 Å². The Balaban J connectivity index is 1.13. The second-order valence-corrected chi connectivity index (χ2v) is 13.0. The summed E-state index contributed by atoms with van der Waals surface area (Å²) in [5, 5.41) is 3.75. The minimum Gasteiger partial charge on any atom is -0.335 e. The minimum absolute atomic E-state index is 0.0484. The summed E-state index contributed by atoms with van der Waals surface area (Å²) in [4.78, 5) is 34.4. The Morgan fingerprint density at radius 2 is 1.35 bits per heavy atom. The normalized spacial score (nSPS) is 22.1. The van der Waals surface area contributed by atoms with Crippen molar-refractivity contribution in [3.63, 3.8) is 0 Å². The molecule has 1 unspecified atom stereocenters. The maximum absolute atomic E-state index is 13.7. The van der Waals surface area contributed by atoms with Gasteiger partial charge in [-0.05, 0) is 54.5 Å². The predicted molar refractivity (Wildman–Crippen MR) is 162 cm³/mol. The average Bonchev–Trinajstić information content (AvgIpc) is 3.55. The van der Waals surface area contributed by atoms with Gasteiger partial charge in [0.15, 0.2) is 0 Å². The van der Waals surface area contributed by atoms with Crippen molar-refractivity contribution in [3.8, 4) is 0 Å². The molecule has 3 aliphatic rings. The first-order valence-electron chi connectivity index (χ1n) is 15.3. The van der Waals surface area contributed by atoms with E-state index in [-0.39, 0.29) is 24.6 Å². The van der Waals surface area contributed by atoms with E-state index in [4.69, 9.17) is 0 Å². The van der Waals surface area contributed by atoms with E-state index in [2.05, 4.69) is 9.80 Å². The van der Waals surface area contributed by atoms with Crippen LogP contribution in [0.15, 0.2) is 65.4 Å². The number of amides is 2. The van der Waals surface area contributed by atoms with E-state index in [0.29, 0.717) is 50.5 Å². The van der Waals surface area contributed by atoms with Crippen molar-refractivity contribution in [2.24, 2.45) is 0 Å². The standard InChI is InChI=1S/C33H34F6N4O2S/c34-32(35,36)25-15-24(16-26(17-25)33(37,38)39)31(45)43-8-6-27(18-28(43)14-22-4-2-1-3-5-22)40-9-11-41(12-10-40)29-19-42(20-29)30(44)23-7-13-46-21-23/h1-5,7,13,15-17,21,27-29H,6,8-12,14,18-20H2/t27?,28-/m1/s1. The number of hydrogen-bond donors (Lipinski definition) is 0. The summed E-state index contributed by atoms with van der Waals surface area (Å²) in [6.07, 6.45) is -8.52. The van der Waals surface area contributed by atoms with Crippen LogP contribution in [0, 0.1) is 0 Å². The molecule has 3 aromatic rings. The fourth-order valence-electron chi connectivity index (χ4n) is 6.84. The zero-order chi connectivity index (χ0) is 32.6. The lowest BCUT2D eigenvalue weighted by atomic mass is 9.90. The van der Waals surface area contributed by atoms with Crippen LogP contribution in [0.25, 0.3) is 0 Å². The molecule has 3 aliphatic heterocycles. The summed E-state index contributed by atoms with van der Waals surface area (Å²) < 4.78 is 81.4. The van der Waals surface area contributed by atoms with Crippen LogP contribution < -0.4 is 0 Å². The van der Waals surface area contributed by atoms with Gasteiger partial charge in [0.05, 0.1) is 16.7 Å². The molecule has 2 atom stereocenters. The highest BCUT2D eigenvalue weighted by Crippen LogP contribution is 2.37. The number of rotatable bonds is 6. The lowest BCUT2D eigenvalue weighted by Gasteiger charge is -2.50. The molecule has 0 radical (unpaired) electrons. The summed E-state index contributed by atoms with van der Waals surface area (Å²) in [6.45, 7) is 4.87. The first kappa shape index (κ1) is 32.5. The fourth-order valence-corrected chi connectivity index (χ4v) is 7.47. The number of thiophene rings is 1. The number of piperazine rings is 1. The van der Waals surface area contributed by atoms with Crippen LogP contribution in [-0.4, -0.2) is 95.4 Å². The van der Waals surface area contributed by atoms with Crippen LogP contribution in [0.1, 0.15) is 50.2 Å². The van der Waals surface area contributed by atoms with Crippen molar-refractivity contribution < 1.29 is 35.9 Å². The van der Waals surface area contributed by atoms with E-state index in [1.54, 1.807) is 0 Å². The predicted octanol–water partition coefficient (Wildman–Crippen LogP) is 6.14. The van der Waals surface area contributed by atoms with Gasteiger partial charge in [-0.3, -0.25) is 19.4 Å². The van der Waals surface area contributed by atoms with Crippen molar-refractivity contribution >= 4 is 23.2 Å². The third-order valence-corrected chi connectivity index (χ3v) is 10.1. The van der Waals surface area contributed by atoms with Crippen molar-refractivity contribution in [1.82, 2.24) is 19.6 Å². The third-order valence-electron chi connectivity index (χ3n) is 9.40. The van der Waals surface area contributed by atoms with Crippen molar-refractivity contribution in [3.05, 3.63) is 93.2 Å². The molecule has 1 aromatic heterocycles. The molecule has 246 valence electrons. The summed E-state index contributed by atoms with van der Waals surface area (Å²) >= 11 is 1.50. The Morgan fingerprint density at radius 1 is 0.739 bits per heavy atom. The Hall–Kier alpha value is -3.42. The molecule has 3 fully saturated rings. The van der Waals surface area contributed by atoms with Gasteiger partial charge in [-0.2, -0.15) is 37.7 Å². The Morgan fingerprint density at radius 3 is 1.91 bits per heavy atom. The fraction of sp³-hybridized carbons (Fsp3) is 0.455. The summed E-state index contributed by atoms with van der Waals surface area (Å²) in [5.74, 6) is -0.769. The Kier molecular flexibility index (Phi) is 9.19. The van der Waals surface area contributed by atoms with Crippen LogP contribution in [-0.2, 0) is 18.8 Å². The average molecular weight is 665 g/mol. The zero-order valence-electron chi connectivity index (χ0n) is 24.9. The molecule has 6 nitrogen and oxygen atoms in total. The number of likely N-dealkylation sites (tertiary alicyclic amines) is 2. The van der Waals surface area contributed by atoms with Gasteiger partial charge < -0.3 is 9.80 Å². The van der Waals surface area contributed by atoms with Crippen molar-refractivity contribution in [2.75, 3.05) is 45.8 Å². The molecule has 13 heteroatoms. The number of piperidine rings is 1. The van der Waals surface area contributed by atoms with Crippen molar-refractivity contribution in [1.29, 1.82) is 0 Å². The first-order valence-corrected chi connectivity index (χ1v) is 16.2. The summed E-state index contributed by atoms with van der Waals surface area (Å²) in [5.41, 5.74) is -1.95. The van der Waals surface area contributed by atoms with E-state index >= 15 is 0 Å². The molecule has 2 amide bonds. The molecule has 4 heterocycles. The molecule has 6 rings (SSSR count). The van der Waals surface area contributed by atoms with E-state index in [1.807, 2.05) is 52.1 Å². The number of carbonyl (C=O) groups excluding carboxylic acids is 2. The van der Waals surface area contributed by atoms with E-state index in [1.165, 1.54) is 16.2 Å². The number of carbonyl (C=O) groups is 2. The maximum Gasteiger partial charge on any atom is 0.416 e. The molecule has 0 bridgehead atoms. The van der Waals surface area contributed by atoms with Gasteiger partial charge in [-0.25, -0.2) is 0 Å². The molecular formula is C33H34F6N4O2S. The zero-order valence-corrected chi connectivity index (χ0v) is 25.8. The van der Waals surface area contributed by atoms with Gasteiger partial charge in [0.2, 0.25) is 0 Å². The molecule has 3 saturated heterocycles. The van der Waals surface area contributed by atoms with Crippen LogP contribution in [0.3, 0.4) is 0 Å². The number of alkyl halides is 6. The third kappa shape index (κ3) is 7.11. The van der Waals surface area contributed by atoms with Crippen LogP contribution in [0.4, 0.5) is 26.3 Å². The molecule has 0 spiro atoms. The maximum atomic E-state index is 13.7. The lowest BCUT2D eigenvalue weighted by molar-refractivity contribution is -0.143. The quantitative estimate of drug-likeness (QED) is 0.297. The molecule has 0 saturated carbocycles. The Labute approximate surface area is 267 Å². The van der Waals surface area contributed by atoms with Crippen LogP contribution in [0.2, 0.25) is 0 Å². The van der Waals surface area contributed by atoms with Gasteiger partial charge in [-0.15, -0.1) is 0 Å². The van der Waals surface area contributed by atoms with Gasteiger partial charge in [0.1, 0.15) is 0 Å².